The van der Waals surface area contributed by atoms with E-state index >= 15 is 0 Å². The molecule has 0 saturated heterocycles. The number of hydrogen-bond acceptors (Lipinski definition) is 7. The standard InChI is InChI=1S/C24H19FN2O6/c1-30-21-11-15(5-7-20(21)33-24(29)17-3-2-4-18(25)12-17)14-26-27-23(28)16-6-8-19-22(13-16)32-10-9-31-19/h2-8,11-14H,9-10H2,1H3,(H,27,28)/b26-14+. The van der Waals surface area contributed by atoms with Gasteiger partial charge in [0.1, 0.15) is 19.0 Å². The van der Waals surface area contributed by atoms with Crippen molar-refractivity contribution in [2.45, 2.75) is 0 Å². The van der Waals surface area contributed by atoms with Crippen LogP contribution in [-0.4, -0.2) is 38.4 Å². The summed E-state index contributed by atoms with van der Waals surface area (Å²) in [4.78, 5) is 24.6. The van der Waals surface area contributed by atoms with Gasteiger partial charge in [-0.05, 0) is 60.2 Å². The van der Waals surface area contributed by atoms with E-state index in [1.807, 2.05) is 0 Å². The maximum absolute atomic E-state index is 13.3. The van der Waals surface area contributed by atoms with E-state index in [4.69, 9.17) is 18.9 Å². The molecule has 8 nitrogen and oxygen atoms in total. The summed E-state index contributed by atoms with van der Waals surface area (Å²) in [6, 6.07) is 14.8. The van der Waals surface area contributed by atoms with Crippen molar-refractivity contribution < 1.29 is 32.9 Å². The Balaban J connectivity index is 1.41. The van der Waals surface area contributed by atoms with Crippen molar-refractivity contribution in [1.29, 1.82) is 0 Å². The third-order valence-corrected chi connectivity index (χ3v) is 4.63. The molecule has 0 bridgehead atoms. The summed E-state index contributed by atoms with van der Waals surface area (Å²) in [6.45, 7) is 0.890. The first kappa shape index (κ1) is 21.8. The highest BCUT2D eigenvalue weighted by Crippen LogP contribution is 2.31. The molecule has 168 valence electrons. The molecule has 0 aliphatic carbocycles. The third-order valence-electron chi connectivity index (χ3n) is 4.63. The zero-order chi connectivity index (χ0) is 23.2. The summed E-state index contributed by atoms with van der Waals surface area (Å²) in [5.41, 5.74) is 3.46. The third kappa shape index (κ3) is 5.27. The van der Waals surface area contributed by atoms with Crippen molar-refractivity contribution in [3.05, 3.63) is 83.2 Å². The Kier molecular flexibility index (Phi) is 6.49. The lowest BCUT2D eigenvalue weighted by Crippen LogP contribution is -2.19. The van der Waals surface area contributed by atoms with Crippen LogP contribution in [0.5, 0.6) is 23.0 Å². The molecule has 0 fully saturated rings. The normalized spacial score (nSPS) is 12.3. The van der Waals surface area contributed by atoms with Crippen molar-refractivity contribution in [3.8, 4) is 23.0 Å². The fraction of sp³-hybridized carbons (Fsp3) is 0.125. The number of carbonyl (C=O) groups is 2. The molecule has 33 heavy (non-hydrogen) atoms. The fourth-order valence-electron chi connectivity index (χ4n) is 3.04. The number of rotatable bonds is 6. The number of fused-ring (bicyclic) bond motifs is 1. The number of halogens is 1. The lowest BCUT2D eigenvalue weighted by molar-refractivity contribution is 0.0729. The van der Waals surface area contributed by atoms with Crippen LogP contribution in [0.4, 0.5) is 4.39 Å². The predicted molar refractivity (Wildman–Crippen MR) is 117 cm³/mol. The molecule has 4 rings (SSSR count). The van der Waals surface area contributed by atoms with E-state index in [2.05, 4.69) is 10.5 Å². The summed E-state index contributed by atoms with van der Waals surface area (Å²) in [6.07, 6.45) is 1.41. The molecule has 1 aliphatic heterocycles. The molecule has 0 saturated carbocycles. The highest BCUT2D eigenvalue weighted by atomic mass is 19.1. The van der Waals surface area contributed by atoms with Crippen LogP contribution >= 0.6 is 0 Å². The minimum Gasteiger partial charge on any atom is -0.493 e. The van der Waals surface area contributed by atoms with Gasteiger partial charge in [-0.1, -0.05) is 6.07 Å². The second-order valence-corrected chi connectivity index (χ2v) is 6.87. The monoisotopic (exact) mass is 450 g/mol. The zero-order valence-electron chi connectivity index (χ0n) is 17.5. The first-order valence-corrected chi connectivity index (χ1v) is 9.92. The van der Waals surface area contributed by atoms with Crippen LogP contribution in [0.25, 0.3) is 0 Å². The second kappa shape index (κ2) is 9.82. The van der Waals surface area contributed by atoms with E-state index in [0.717, 1.165) is 6.07 Å². The van der Waals surface area contributed by atoms with E-state index in [1.165, 1.54) is 37.6 Å². The minimum absolute atomic E-state index is 0.0737. The Bertz CT molecular complexity index is 1230. The Morgan fingerprint density at radius 1 is 0.970 bits per heavy atom. The van der Waals surface area contributed by atoms with Crippen LogP contribution in [0.1, 0.15) is 26.3 Å². The van der Waals surface area contributed by atoms with Gasteiger partial charge in [-0.3, -0.25) is 4.79 Å². The van der Waals surface area contributed by atoms with Crippen molar-refractivity contribution in [3.63, 3.8) is 0 Å². The number of nitrogens with one attached hydrogen (secondary N) is 1. The fourth-order valence-corrected chi connectivity index (χ4v) is 3.04. The smallest absolute Gasteiger partial charge is 0.343 e. The van der Waals surface area contributed by atoms with Gasteiger partial charge in [-0.15, -0.1) is 0 Å². The van der Waals surface area contributed by atoms with Crippen molar-refractivity contribution in [1.82, 2.24) is 5.43 Å². The summed E-state index contributed by atoms with van der Waals surface area (Å²) in [7, 11) is 1.42. The van der Waals surface area contributed by atoms with E-state index < -0.39 is 17.7 Å². The summed E-state index contributed by atoms with van der Waals surface area (Å²) >= 11 is 0. The van der Waals surface area contributed by atoms with Gasteiger partial charge >= 0.3 is 5.97 Å². The molecular formula is C24H19FN2O6. The number of hydrogen-bond donors (Lipinski definition) is 1. The Morgan fingerprint density at radius 2 is 1.79 bits per heavy atom. The maximum atomic E-state index is 13.3. The Morgan fingerprint density at radius 3 is 2.58 bits per heavy atom. The summed E-state index contributed by atoms with van der Waals surface area (Å²) in [5, 5.41) is 3.95. The summed E-state index contributed by atoms with van der Waals surface area (Å²) < 4.78 is 34.8. The van der Waals surface area contributed by atoms with Gasteiger partial charge in [0.25, 0.3) is 5.91 Å². The topological polar surface area (TPSA) is 95.5 Å². The van der Waals surface area contributed by atoms with E-state index in [1.54, 1.807) is 30.3 Å². The minimum atomic E-state index is -0.721. The Labute approximate surface area is 188 Å². The van der Waals surface area contributed by atoms with Gasteiger partial charge < -0.3 is 18.9 Å². The van der Waals surface area contributed by atoms with E-state index in [-0.39, 0.29) is 17.1 Å². The molecule has 1 aliphatic rings. The van der Waals surface area contributed by atoms with E-state index in [0.29, 0.717) is 35.8 Å². The lowest BCUT2D eigenvalue weighted by Gasteiger charge is -2.18. The van der Waals surface area contributed by atoms with Crippen molar-refractivity contribution in [2.75, 3.05) is 20.3 Å². The van der Waals surface area contributed by atoms with Crippen LogP contribution in [0.2, 0.25) is 0 Å². The van der Waals surface area contributed by atoms with E-state index in [9.17, 15) is 14.0 Å². The second-order valence-electron chi connectivity index (χ2n) is 6.87. The first-order valence-electron chi connectivity index (χ1n) is 9.92. The molecule has 0 unspecified atom stereocenters. The maximum Gasteiger partial charge on any atom is 0.343 e. The molecule has 3 aromatic rings. The van der Waals surface area contributed by atoms with Crippen LogP contribution < -0.4 is 24.4 Å². The zero-order valence-corrected chi connectivity index (χ0v) is 17.5. The molecule has 3 aromatic carbocycles. The quantitative estimate of drug-likeness (QED) is 0.267. The highest BCUT2D eigenvalue weighted by molar-refractivity contribution is 5.95. The molecule has 1 heterocycles. The van der Waals surface area contributed by atoms with Gasteiger partial charge in [0.15, 0.2) is 23.0 Å². The molecule has 1 N–H and O–H groups in total. The first-order chi connectivity index (χ1) is 16.0. The number of hydrazone groups is 1. The number of carbonyl (C=O) groups excluding carboxylic acids is 2. The Hall–Kier alpha value is -4.40. The van der Waals surface area contributed by atoms with Crippen molar-refractivity contribution in [2.24, 2.45) is 5.10 Å². The predicted octanol–water partition coefficient (Wildman–Crippen LogP) is 3.59. The molecule has 0 aromatic heterocycles. The molecule has 9 heteroatoms. The van der Waals surface area contributed by atoms with Gasteiger partial charge in [-0.2, -0.15) is 5.10 Å². The highest BCUT2D eigenvalue weighted by Gasteiger charge is 2.15. The van der Waals surface area contributed by atoms with Crippen LogP contribution in [-0.2, 0) is 0 Å². The number of benzene rings is 3. The molecule has 0 spiro atoms. The van der Waals surface area contributed by atoms with Crippen LogP contribution in [0.3, 0.4) is 0 Å². The number of ether oxygens (including phenoxy) is 4. The molecular weight excluding hydrogens is 431 g/mol. The largest absolute Gasteiger partial charge is 0.493 e. The number of methoxy groups -OCH3 is 1. The van der Waals surface area contributed by atoms with Crippen LogP contribution in [0.15, 0.2) is 65.8 Å². The molecule has 1 amide bonds. The number of nitrogens with zero attached hydrogens (tertiary/aromatic N) is 1. The molecule has 0 radical (unpaired) electrons. The van der Waals surface area contributed by atoms with Crippen LogP contribution in [0, 0.1) is 5.82 Å². The van der Waals surface area contributed by atoms with Gasteiger partial charge in [-0.25, -0.2) is 14.6 Å². The lowest BCUT2D eigenvalue weighted by atomic mass is 10.2. The average molecular weight is 450 g/mol. The number of esters is 1. The summed E-state index contributed by atoms with van der Waals surface area (Å²) in [5.74, 6) is -0.165. The van der Waals surface area contributed by atoms with Crippen molar-refractivity contribution >= 4 is 18.1 Å². The SMILES string of the molecule is COc1cc(/C=N/NC(=O)c2ccc3c(c2)OCCO3)ccc1OC(=O)c1cccc(F)c1. The molecule has 0 atom stereocenters. The number of amides is 1. The van der Waals surface area contributed by atoms with Gasteiger partial charge in [0.05, 0.1) is 18.9 Å². The average Bonchev–Trinajstić information content (AvgIpc) is 2.84. The van der Waals surface area contributed by atoms with Gasteiger partial charge in [0.2, 0.25) is 0 Å². The van der Waals surface area contributed by atoms with Gasteiger partial charge in [0, 0.05) is 5.56 Å².